The van der Waals surface area contributed by atoms with Gasteiger partial charge in [-0.1, -0.05) is 27.7 Å². The van der Waals surface area contributed by atoms with Crippen molar-refractivity contribution in [2.75, 3.05) is 19.6 Å². The van der Waals surface area contributed by atoms with Gasteiger partial charge in [-0.25, -0.2) is 4.39 Å². The lowest BCUT2D eigenvalue weighted by Crippen LogP contribution is -2.44. The van der Waals surface area contributed by atoms with Gasteiger partial charge < -0.3 is 10.2 Å². The van der Waals surface area contributed by atoms with Crippen LogP contribution in [0.1, 0.15) is 47.0 Å². The number of nitrogens with zero attached hydrogens (tertiary/aromatic N) is 1. The largest absolute Gasteiger partial charge is 0.353 e. The third-order valence-corrected chi connectivity index (χ3v) is 3.93. The van der Waals surface area contributed by atoms with E-state index in [4.69, 9.17) is 0 Å². The summed E-state index contributed by atoms with van der Waals surface area (Å²) in [5.41, 5.74) is 0. The van der Waals surface area contributed by atoms with Crippen molar-refractivity contribution >= 4 is 5.91 Å². The van der Waals surface area contributed by atoms with E-state index in [1.54, 1.807) is 0 Å². The first-order chi connectivity index (χ1) is 8.90. The van der Waals surface area contributed by atoms with Crippen molar-refractivity contribution in [3.63, 3.8) is 0 Å². The Balaban J connectivity index is 2.35. The molecule has 1 atom stereocenters. The molecule has 1 unspecified atom stereocenters. The molecular formula is C15H29FN2O. The maximum absolute atomic E-state index is 13.1. The molecule has 0 aromatic heterocycles. The van der Waals surface area contributed by atoms with Gasteiger partial charge in [-0.05, 0) is 25.2 Å². The fourth-order valence-electron chi connectivity index (χ4n) is 2.37. The SMILES string of the molecule is CC(C)C(=O)NC(CCN1CCC(F)CC1)C(C)C. The van der Waals surface area contributed by atoms with Crippen LogP contribution in [0.15, 0.2) is 0 Å². The van der Waals surface area contributed by atoms with E-state index in [9.17, 15) is 9.18 Å². The third-order valence-electron chi connectivity index (χ3n) is 3.93. The molecule has 3 nitrogen and oxygen atoms in total. The van der Waals surface area contributed by atoms with Crippen molar-refractivity contribution in [3.8, 4) is 0 Å². The molecular weight excluding hydrogens is 243 g/mol. The molecule has 1 amide bonds. The quantitative estimate of drug-likeness (QED) is 0.806. The molecule has 1 N–H and O–H groups in total. The number of amides is 1. The molecule has 1 rings (SSSR count). The number of carbonyl (C=O) groups excluding carboxylic acids is 1. The summed E-state index contributed by atoms with van der Waals surface area (Å²) >= 11 is 0. The maximum atomic E-state index is 13.1. The summed E-state index contributed by atoms with van der Waals surface area (Å²) in [7, 11) is 0. The smallest absolute Gasteiger partial charge is 0.222 e. The van der Waals surface area contributed by atoms with Crippen LogP contribution in [0.2, 0.25) is 0 Å². The van der Waals surface area contributed by atoms with Gasteiger partial charge in [0.2, 0.25) is 5.91 Å². The zero-order chi connectivity index (χ0) is 14.4. The minimum atomic E-state index is -0.613. The second kappa shape index (κ2) is 7.83. The van der Waals surface area contributed by atoms with E-state index in [0.29, 0.717) is 18.8 Å². The van der Waals surface area contributed by atoms with Gasteiger partial charge in [0.1, 0.15) is 6.17 Å². The maximum Gasteiger partial charge on any atom is 0.222 e. The molecule has 0 radical (unpaired) electrons. The number of carbonyl (C=O) groups is 1. The summed E-state index contributed by atoms with van der Waals surface area (Å²) in [4.78, 5) is 14.1. The Morgan fingerprint density at radius 2 is 1.84 bits per heavy atom. The Morgan fingerprint density at radius 3 is 2.32 bits per heavy atom. The van der Waals surface area contributed by atoms with Crippen LogP contribution < -0.4 is 5.32 Å². The Labute approximate surface area is 116 Å². The molecule has 1 fully saturated rings. The highest BCUT2D eigenvalue weighted by atomic mass is 19.1. The number of hydrogen-bond acceptors (Lipinski definition) is 2. The molecule has 0 aromatic rings. The van der Waals surface area contributed by atoms with Gasteiger partial charge >= 0.3 is 0 Å². The molecule has 19 heavy (non-hydrogen) atoms. The van der Waals surface area contributed by atoms with E-state index < -0.39 is 6.17 Å². The van der Waals surface area contributed by atoms with Crippen LogP contribution in [-0.2, 0) is 4.79 Å². The van der Waals surface area contributed by atoms with Crippen molar-refractivity contribution in [1.82, 2.24) is 10.2 Å². The van der Waals surface area contributed by atoms with Crippen molar-refractivity contribution in [3.05, 3.63) is 0 Å². The van der Waals surface area contributed by atoms with Crippen LogP contribution >= 0.6 is 0 Å². The highest BCUT2D eigenvalue weighted by Crippen LogP contribution is 2.15. The van der Waals surface area contributed by atoms with Crippen LogP contribution in [0.3, 0.4) is 0 Å². The van der Waals surface area contributed by atoms with E-state index in [2.05, 4.69) is 24.1 Å². The molecule has 112 valence electrons. The Morgan fingerprint density at radius 1 is 1.26 bits per heavy atom. The first-order valence-electron chi connectivity index (χ1n) is 7.57. The summed E-state index contributed by atoms with van der Waals surface area (Å²) in [5, 5.41) is 3.12. The molecule has 1 heterocycles. The Bertz CT molecular complexity index is 273. The molecule has 0 saturated carbocycles. The summed E-state index contributed by atoms with van der Waals surface area (Å²) in [6.07, 6.45) is 1.65. The van der Waals surface area contributed by atoms with E-state index >= 15 is 0 Å². The molecule has 0 aliphatic carbocycles. The molecule has 0 aromatic carbocycles. The zero-order valence-electron chi connectivity index (χ0n) is 12.8. The van der Waals surface area contributed by atoms with Gasteiger partial charge in [0.15, 0.2) is 0 Å². The fourth-order valence-corrected chi connectivity index (χ4v) is 2.37. The van der Waals surface area contributed by atoms with Crippen LogP contribution in [0, 0.1) is 11.8 Å². The standard InChI is InChI=1S/C15H29FN2O/c1-11(2)14(17-15(19)12(3)4)7-10-18-8-5-13(16)6-9-18/h11-14H,5-10H2,1-4H3,(H,17,19). The zero-order valence-corrected chi connectivity index (χ0v) is 12.8. The number of halogens is 1. The van der Waals surface area contributed by atoms with Gasteiger partial charge in [0, 0.05) is 31.6 Å². The number of hydrogen-bond donors (Lipinski definition) is 1. The number of piperidine rings is 1. The predicted molar refractivity (Wildman–Crippen MR) is 76.8 cm³/mol. The van der Waals surface area contributed by atoms with Gasteiger partial charge in [-0.15, -0.1) is 0 Å². The van der Waals surface area contributed by atoms with E-state index in [-0.39, 0.29) is 17.9 Å². The fraction of sp³-hybridized carbons (Fsp3) is 0.933. The van der Waals surface area contributed by atoms with Crippen molar-refractivity contribution in [2.45, 2.75) is 59.2 Å². The van der Waals surface area contributed by atoms with E-state index in [1.807, 2.05) is 13.8 Å². The molecule has 1 saturated heterocycles. The third kappa shape index (κ3) is 5.89. The summed E-state index contributed by atoms with van der Waals surface area (Å²) in [6, 6.07) is 0.220. The summed E-state index contributed by atoms with van der Waals surface area (Å²) in [5.74, 6) is 0.589. The molecule has 1 aliphatic rings. The van der Waals surface area contributed by atoms with Gasteiger partial charge in [0.05, 0.1) is 0 Å². The van der Waals surface area contributed by atoms with Crippen LogP contribution in [-0.4, -0.2) is 42.7 Å². The van der Waals surface area contributed by atoms with Crippen LogP contribution in [0.5, 0.6) is 0 Å². The molecule has 1 aliphatic heterocycles. The first kappa shape index (κ1) is 16.4. The Hall–Kier alpha value is -0.640. The highest BCUT2D eigenvalue weighted by Gasteiger charge is 2.22. The monoisotopic (exact) mass is 272 g/mol. The van der Waals surface area contributed by atoms with Gasteiger partial charge in [0.25, 0.3) is 0 Å². The first-order valence-corrected chi connectivity index (χ1v) is 7.57. The topological polar surface area (TPSA) is 32.3 Å². The van der Waals surface area contributed by atoms with E-state index in [1.165, 1.54) is 0 Å². The average molecular weight is 272 g/mol. The van der Waals surface area contributed by atoms with Crippen molar-refractivity contribution in [2.24, 2.45) is 11.8 Å². The van der Waals surface area contributed by atoms with E-state index in [0.717, 1.165) is 26.1 Å². The lowest BCUT2D eigenvalue weighted by atomic mass is 9.99. The Kier molecular flexibility index (Phi) is 6.76. The second-order valence-electron chi connectivity index (χ2n) is 6.32. The summed E-state index contributed by atoms with van der Waals surface area (Å²) in [6.45, 7) is 10.8. The lowest BCUT2D eigenvalue weighted by Gasteiger charge is -2.31. The molecule has 0 bridgehead atoms. The number of likely N-dealkylation sites (tertiary alicyclic amines) is 1. The van der Waals surface area contributed by atoms with Gasteiger partial charge in [-0.2, -0.15) is 0 Å². The van der Waals surface area contributed by atoms with Crippen LogP contribution in [0.4, 0.5) is 4.39 Å². The molecule has 0 spiro atoms. The number of rotatable bonds is 6. The minimum absolute atomic E-state index is 0.0310. The number of alkyl halides is 1. The highest BCUT2D eigenvalue weighted by molar-refractivity contribution is 5.78. The predicted octanol–water partition coefficient (Wildman–Crippen LogP) is 2.61. The normalized spacial score (nSPS) is 19.9. The molecule has 4 heteroatoms. The lowest BCUT2D eigenvalue weighted by molar-refractivity contribution is -0.125. The minimum Gasteiger partial charge on any atom is -0.353 e. The second-order valence-corrected chi connectivity index (χ2v) is 6.32. The average Bonchev–Trinajstić information content (AvgIpc) is 2.35. The summed E-state index contributed by atoms with van der Waals surface area (Å²) < 4.78 is 13.1. The van der Waals surface area contributed by atoms with Crippen molar-refractivity contribution in [1.29, 1.82) is 0 Å². The van der Waals surface area contributed by atoms with Crippen LogP contribution in [0.25, 0.3) is 0 Å². The number of nitrogens with one attached hydrogen (secondary N) is 1. The van der Waals surface area contributed by atoms with Gasteiger partial charge in [-0.3, -0.25) is 4.79 Å². The van der Waals surface area contributed by atoms with Crippen molar-refractivity contribution < 1.29 is 9.18 Å².